The summed E-state index contributed by atoms with van der Waals surface area (Å²) < 4.78 is 1.87. The highest BCUT2D eigenvalue weighted by molar-refractivity contribution is 7.19. The van der Waals surface area contributed by atoms with Gasteiger partial charge in [-0.15, -0.1) is 0 Å². The molecule has 0 spiro atoms. The Hall–Kier alpha value is -2.75. The van der Waals surface area contributed by atoms with Crippen molar-refractivity contribution in [3.8, 4) is 11.3 Å². The molecular weight excluding hydrogens is 431 g/mol. The number of hydrogen-bond donors (Lipinski definition) is 4. The van der Waals surface area contributed by atoms with E-state index in [1.165, 1.54) is 11.3 Å². The fourth-order valence-electron chi connectivity index (χ4n) is 2.79. The zero-order chi connectivity index (χ0) is 20.5. The summed E-state index contributed by atoms with van der Waals surface area (Å²) >= 11 is 13.7. The Morgan fingerprint density at radius 2 is 2.03 bits per heavy atom. The van der Waals surface area contributed by atoms with Crippen LogP contribution in [0, 0.1) is 0 Å². The molecule has 6 N–H and O–H groups in total. The zero-order valence-corrected chi connectivity index (χ0v) is 17.7. The van der Waals surface area contributed by atoms with Crippen molar-refractivity contribution in [3.05, 3.63) is 46.7 Å². The second kappa shape index (κ2) is 7.94. The summed E-state index contributed by atoms with van der Waals surface area (Å²) in [6.45, 7) is 2.60. The molecule has 0 amide bonds. The van der Waals surface area contributed by atoms with Gasteiger partial charge in [0, 0.05) is 41.6 Å². The van der Waals surface area contributed by atoms with E-state index in [9.17, 15) is 0 Å². The van der Waals surface area contributed by atoms with Crippen LogP contribution in [-0.4, -0.2) is 31.9 Å². The summed E-state index contributed by atoms with van der Waals surface area (Å²) in [6, 6.07) is 7.24. The smallest absolute Gasteiger partial charge is 0.209 e. The molecule has 150 valence electrons. The van der Waals surface area contributed by atoms with E-state index in [1.807, 2.05) is 29.7 Å². The minimum atomic E-state index is 0.0445. The van der Waals surface area contributed by atoms with Gasteiger partial charge < -0.3 is 22.1 Å². The molecule has 1 unspecified atom stereocenters. The van der Waals surface area contributed by atoms with Gasteiger partial charge in [-0.25, -0.2) is 15.0 Å². The lowest BCUT2D eigenvalue weighted by Gasteiger charge is -2.16. The van der Waals surface area contributed by atoms with Crippen LogP contribution < -0.4 is 22.1 Å². The first kappa shape index (κ1) is 19.6. The van der Waals surface area contributed by atoms with Gasteiger partial charge in [-0.05, 0) is 25.1 Å². The normalized spacial score (nSPS) is 12.2. The van der Waals surface area contributed by atoms with Gasteiger partial charge in [-0.2, -0.15) is 0 Å². The maximum Gasteiger partial charge on any atom is 0.209 e. The maximum atomic E-state index is 6.37. The van der Waals surface area contributed by atoms with E-state index in [2.05, 4.69) is 20.6 Å². The molecule has 0 aliphatic rings. The van der Waals surface area contributed by atoms with Gasteiger partial charge in [0.25, 0.3) is 0 Å². The Morgan fingerprint density at radius 3 is 2.76 bits per heavy atom. The van der Waals surface area contributed by atoms with Crippen LogP contribution in [0.15, 0.2) is 36.7 Å². The Kier molecular flexibility index (Phi) is 5.35. The molecule has 0 saturated carbocycles. The number of nitrogens with two attached hydrogens (primary N) is 2. The van der Waals surface area contributed by atoms with Crippen molar-refractivity contribution in [2.45, 2.75) is 13.0 Å². The van der Waals surface area contributed by atoms with Crippen LogP contribution in [-0.2, 0) is 0 Å². The second-order valence-electron chi connectivity index (χ2n) is 6.44. The number of benzene rings is 1. The van der Waals surface area contributed by atoms with Crippen molar-refractivity contribution in [2.24, 2.45) is 0 Å². The van der Waals surface area contributed by atoms with Gasteiger partial charge >= 0.3 is 0 Å². The Morgan fingerprint density at radius 1 is 1.21 bits per heavy atom. The highest BCUT2D eigenvalue weighted by Crippen LogP contribution is 2.31. The average Bonchev–Trinajstić information content (AvgIpc) is 3.26. The summed E-state index contributed by atoms with van der Waals surface area (Å²) in [5.41, 5.74) is 13.7. The fourth-order valence-corrected chi connectivity index (χ4v) is 4.06. The summed E-state index contributed by atoms with van der Waals surface area (Å²) in [5.74, 6) is 0.986. The number of thiazole rings is 1. The molecule has 1 atom stereocenters. The van der Waals surface area contributed by atoms with E-state index in [0.29, 0.717) is 44.2 Å². The number of rotatable bonds is 6. The SMILES string of the molecule is CC(CNc1nc(-c2ccc(Cl)cc2Cl)cc2nccn12)Nc1nc(N)c(N)s1. The van der Waals surface area contributed by atoms with Crippen molar-refractivity contribution in [2.75, 3.05) is 28.6 Å². The van der Waals surface area contributed by atoms with Crippen molar-refractivity contribution >= 4 is 62.1 Å². The number of imidazole rings is 1. The van der Waals surface area contributed by atoms with Gasteiger partial charge in [-0.1, -0.05) is 34.5 Å². The largest absolute Gasteiger partial charge is 0.387 e. The van der Waals surface area contributed by atoms with Crippen LogP contribution in [0.4, 0.5) is 21.9 Å². The maximum absolute atomic E-state index is 6.37. The van der Waals surface area contributed by atoms with Crippen LogP contribution >= 0.6 is 34.5 Å². The number of nitrogens with one attached hydrogen (secondary N) is 2. The van der Waals surface area contributed by atoms with Crippen LogP contribution in [0.25, 0.3) is 16.9 Å². The number of nitrogens with zero attached hydrogens (tertiary/aromatic N) is 4. The van der Waals surface area contributed by atoms with Crippen molar-refractivity contribution < 1.29 is 0 Å². The van der Waals surface area contributed by atoms with E-state index in [1.54, 1.807) is 18.3 Å². The third kappa shape index (κ3) is 4.16. The quantitative estimate of drug-likeness (QED) is 0.348. The molecule has 0 saturated heterocycles. The molecule has 4 rings (SSSR count). The van der Waals surface area contributed by atoms with Gasteiger partial charge in [-0.3, -0.25) is 4.40 Å². The molecular formula is C18H18Cl2N8S. The van der Waals surface area contributed by atoms with Gasteiger partial charge in [0.05, 0.1) is 10.7 Å². The third-order valence-electron chi connectivity index (χ3n) is 4.21. The van der Waals surface area contributed by atoms with E-state index in [-0.39, 0.29) is 6.04 Å². The zero-order valence-electron chi connectivity index (χ0n) is 15.4. The highest BCUT2D eigenvalue weighted by atomic mass is 35.5. The summed E-state index contributed by atoms with van der Waals surface area (Å²) in [5, 5.41) is 8.90. The van der Waals surface area contributed by atoms with E-state index in [0.717, 1.165) is 11.2 Å². The van der Waals surface area contributed by atoms with Crippen LogP contribution in [0.5, 0.6) is 0 Å². The number of aromatic nitrogens is 4. The molecule has 0 bridgehead atoms. The summed E-state index contributed by atoms with van der Waals surface area (Å²) in [6.07, 6.45) is 3.57. The van der Waals surface area contributed by atoms with Gasteiger partial charge in [0.1, 0.15) is 10.6 Å². The molecule has 29 heavy (non-hydrogen) atoms. The van der Waals surface area contributed by atoms with Gasteiger partial charge in [0.2, 0.25) is 5.95 Å². The van der Waals surface area contributed by atoms with Crippen molar-refractivity contribution in [1.29, 1.82) is 0 Å². The predicted molar refractivity (Wildman–Crippen MR) is 121 cm³/mol. The minimum Gasteiger partial charge on any atom is -0.387 e. The molecule has 1 aromatic carbocycles. The highest BCUT2D eigenvalue weighted by Gasteiger charge is 2.13. The van der Waals surface area contributed by atoms with E-state index >= 15 is 0 Å². The van der Waals surface area contributed by atoms with E-state index in [4.69, 9.17) is 39.7 Å². The second-order valence-corrected chi connectivity index (χ2v) is 8.31. The van der Waals surface area contributed by atoms with Crippen LogP contribution in [0.3, 0.4) is 0 Å². The number of halogens is 2. The monoisotopic (exact) mass is 448 g/mol. The Bertz CT molecular complexity index is 1150. The van der Waals surface area contributed by atoms with Crippen LogP contribution in [0.1, 0.15) is 6.92 Å². The van der Waals surface area contributed by atoms with Gasteiger partial charge in [0.15, 0.2) is 10.9 Å². The fraction of sp³-hybridized carbons (Fsp3) is 0.167. The first-order chi connectivity index (χ1) is 13.9. The molecule has 0 aliphatic heterocycles. The number of fused-ring (bicyclic) bond motifs is 1. The predicted octanol–water partition coefficient (Wildman–Crippen LogP) is 4.24. The first-order valence-electron chi connectivity index (χ1n) is 8.72. The Labute approximate surface area is 180 Å². The number of hydrogen-bond acceptors (Lipinski definition) is 8. The number of nitrogen functional groups attached to an aromatic ring is 2. The Balaban J connectivity index is 1.57. The lowest BCUT2D eigenvalue weighted by molar-refractivity contribution is 0.821. The lowest BCUT2D eigenvalue weighted by atomic mass is 10.1. The molecule has 0 radical (unpaired) electrons. The van der Waals surface area contributed by atoms with Crippen molar-refractivity contribution in [1.82, 2.24) is 19.4 Å². The lowest BCUT2D eigenvalue weighted by Crippen LogP contribution is -2.26. The standard InChI is InChI=1S/C18H18Cl2N8S/c1-9(25-18-27-15(21)16(22)29-18)8-24-17-26-13(7-14-23-4-5-28(14)17)11-3-2-10(19)6-12(11)20/h2-7,9H,8,21-22H2,1H3,(H,24,26)(H,25,27). The summed E-state index contributed by atoms with van der Waals surface area (Å²) in [4.78, 5) is 13.3. The average molecular weight is 449 g/mol. The van der Waals surface area contributed by atoms with E-state index < -0.39 is 0 Å². The minimum absolute atomic E-state index is 0.0445. The summed E-state index contributed by atoms with van der Waals surface area (Å²) in [7, 11) is 0. The topological polar surface area (TPSA) is 119 Å². The van der Waals surface area contributed by atoms with Crippen molar-refractivity contribution in [3.63, 3.8) is 0 Å². The molecule has 0 fully saturated rings. The molecule has 0 aliphatic carbocycles. The van der Waals surface area contributed by atoms with Crippen LogP contribution in [0.2, 0.25) is 10.0 Å². The third-order valence-corrected chi connectivity index (χ3v) is 5.59. The number of anilines is 4. The molecule has 11 heteroatoms. The molecule has 3 aromatic heterocycles. The first-order valence-corrected chi connectivity index (χ1v) is 10.3. The molecule has 3 heterocycles. The molecule has 8 nitrogen and oxygen atoms in total. The molecule has 4 aromatic rings.